The molecule has 0 spiro atoms. The van der Waals surface area contributed by atoms with Gasteiger partial charge in [-0.3, -0.25) is 0 Å². The molecule has 0 saturated carbocycles. The molecule has 0 bridgehead atoms. The summed E-state index contributed by atoms with van der Waals surface area (Å²) >= 11 is 0. The van der Waals surface area contributed by atoms with Gasteiger partial charge in [0, 0.05) is 23.6 Å². The van der Waals surface area contributed by atoms with E-state index in [0.29, 0.717) is 6.54 Å². The molecule has 6 heteroatoms. The summed E-state index contributed by atoms with van der Waals surface area (Å²) in [6, 6.07) is 11.1. The molecule has 27 heavy (non-hydrogen) atoms. The van der Waals surface area contributed by atoms with Gasteiger partial charge in [0.05, 0.1) is 11.2 Å². The first-order valence-corrected chi connectivity index (χ1v) is 8.84. The van der Waals surface area contributed by atoms with Gasteiger partial charge in [-0.25, -0.2) is 0 Å². The third-order valence-corrected chi connectivity index (χ3v) is 4.78. The highest BCUT2D eigenvalue weighted by Crippen LogP contribution is 2.32. The number of H-pyrrole nitrogens is 1. The highest BCUT2D eigenvalue weighted by molar-refractivity contribution is 5.83. The van der Waals surface area contributed by atoms with Crippen molar-refractivity contribution in [2.24, 2.45) is 0 Å². The second kappa shape index (κ2) is 7.37. The first-order valence-electron chi connectivity index (χ1n) is 8.84. The Morgan fingerprint density at radius 1 is 1.07 bits per heavy atom. The van der Waals surface area contributed by atoms with E-state index in [9.17, 15) is 18.3 Å². The molecule has 3 aromatic rings. The fourth-order valence-corrected chi connectivity index (χ4v) is 3.19. The van der Waals surface area contributed by atoms with Crippen molar-refractivity contribution in [1.29, 1.82) is 0 Å². The van der Waals surface area contributed by atoms with Crippen LogP contribution in [0.25, 0.3) is 10.9 Å². The number of aromatic nitrogens is 1. The maximum absolute atomic E-state index is 12.9. The van der Waals surface area contributed by atoms with Crippen LogP contribution in [0.2, 0.25) is 0 Å². The van der Waals surface area contributed by atoms with E-state index in [2.05, 4.69) is 28.5 Å². The minimum Gasteiger partial charge on any atom is -0.384 e. The molecule has 0 saturated heterocycles. The van der Waals surface area contributed by atoms with Crippen LogP contribution in [0.4, 0.5) is 13.2 Å². The topological polar surface area (TPSA) is 48.0 Å². The molecular formula is C21H23F3N2O. The second-order valence-electron chi connectivity index (χ2n) is 7.14. The molecule has 3 nitrogen and oxygen atoms in total. The van der Waals surface area contributed by atoms with E-state index in [0.717, 1.165) is 35.0 Å². The summed E-state index contributed by atoms with van der Waals surface area (Å²) in [5.74, 6) is 0. The fraction of sp³-hybridized carbons (Fsp3) is 0.333. The van der Waals surface area contributed by atoms with Crippen LogP contribution in [0, 0.1) is 6.92 Å². The molecule has 1 aromatic heterocycles. The number of rotatable bonds is 6. The SMILES string of the molecule is Cc1ccc2c(CCNCC(C)(O)c3cccc(C(F)(F)F)c3)c[nH]c2c1. The second-order valence-corrected chi connectivity index (χ2v) is 7.14. The number of halogens is 3. The number of hydrogen-bond acceptors (Lipinski definition) is 2. The summed E-state index contributed by atoms with van der Waals surface area (Å²) in [5, 5.41) is 14.9. The van der Waals surface area contributed by atoms with Gasteiger partial charge in [0.15, 0.2) is 0 Å². The molecule has 144 valence electrons. The first kappa shape index (κ1) is 19.5. The van der Waals surface area contributed by atoms with Crippen molar-refractivity contribution < 1.29 is 18.3 Å². The lowest BCUT2D eigenvalue weighted by Gasteiger charge is -2.25. The van der Waals surface area contributed by atoms with Gasteiger partial charge in [-0.1, -0.05) is 24.3 Å². The Labute approximate surface area is 156 Å². The number of alkyl halides is 3. The molecule has 0 amide bonds. The van der Waals surface area contributed by atoms with Crippen molar-refractivity contribution in [2.45, 2.75) is 32.0 Å². The number of nitrogens with one attached hydrogen (secondary N) is 2. The van der Waals surface area contributed by atoms with E-state index in [1.165, 1.54) is 24.6 Å². The minimum absolute atomic E-state index is 0.162. The molecule has 1 unspecified atom stereocenters. The highest BCUT2D eigenvalue weighted by Gasteiger charge is 2.32. The van der Waals surface area contributed by atoms with Gasteiger partial charge in [-0.15, -0.1) is 0 Å². The monoisotopic (exact) mass is 376 g/mol. The van der Waals surface area contributed by atoms with Crippen molar-refractivity contribution in [1.82, 2.24) is 10.3 Å². The molecule has 0 radical (unpaired) electrons. The first-order chi connectivity index (χ1) is 12.7. The van der Waals surface area contributed by atoms with E-state index in [4.69, 9.17) is 0 Å². The quantitative estimate of drug-likeness (QED) is 0.554. The van der Waals surface area contributed by atoms with Crippen LogP contribution >= 0.6 is 0 Å². The summed E-state index contributed by atoms with van der Waals surface area (Å²) in [6.07, 6.45) is -1.70. The average Bonchev–Trinajstić information content (AvgIpc) is 3.00. The molecular weight excluding hydrogens is 353 g/mol. The van der Waals surface area contributed by atoms with Crippen LogP contribution in [0.1, 0.15) is 29.2 Å². The predicted molar refractivity (Wildman–Crippen MR) is 101 cm³/mol. The van der Waals surface area contributed by atoms with Gasteiger partial charge in [-0.2, -0.15) is 13.2 Å². The lowest BCUT2D eigenvalue weighted by molar-refractivity contribution is -0.137. The van der Waals surface area contributed by atoms with Crippen LogP contribution in [0.3, 0.4) is 0 Å². The Balaban J connectivity index is 1.60. The van der Waals surface area contributed by atoms with Gasteiger partial charge in [0.25, 0.3) is 0 Å². The molecule has 0 fully saturated rings. The van der Waals surface area contributed by atoms with Crippen molar-refractivity contribution >= 4 is 10.9 Å². The number of aromatic amines is 1. The van der Waals surface area contributed by atoms with Gasteiger partial charge in [0.2, 0.25) is 0 Å². The molecule has 3 rings (SSSR count). The molecule has 1 heterocycles. The van der Waals surface area contributed by atoms with Gasteiger partial charge < -0.3 is 15.4 Å². The Bertz CT molecular complexity index is 929. The van der Waals surface area contributed by atoms with Crippen molar-refractivity contribution in [3.05, 3.63) is 70.9 Å². The minimum atomic E-state index is -4.42. The molecule has 1 atom stereocenters. The lowest BCUT2D eigenvalue weighted by Crippen LogP contribution is -2.36. The van der Waals surface area contributed by atoms with Crippen molar-refractivity contribution in [3.8, 4) is 0 Å². The molecule has 0 aliphatic carbocycles. The zero-order valence-electron chi connectivity index (χ0n) is 15.3. The average molecular weight is 376 g/mol. The fourth-order valence-electron chi connectivity index (χ4n) is 3.19. The number of benzene rings is 2. The summed E-state index contributed by atoms with van der Waals surface area (Å²) < 4.78 is 38.6. The molecule has 2 aromatic carbocycles. The Hall–Kier alpha value is -2.31. The summed E-state index contributed by atoms with van der Waals surface area (Å²) in [7, 11) is 0. The van der Waals surface area contributed by atoms with Gasteiger partial charge in [-0.05, 0) is 61.7 Å². The Morgan fingerprint density at radius 2 is 1.81 bits per heavy atom. The Kier molecular flexibility index (Phi) is 5.31. The third kappa shape index (κ3) is 4.51. The molecule has 0 aliphatic rings. The number of aliphatic hydroxyl groups is 1. The predicted octanol–water partition coefficient (Wildman–Crippen LogP) is 4.53. The largest absolute Gasteiger partial charge is 0.416 e. The van der Waals surface area contributed by atoms with E-state index in [1.807, 2.05) is 13.1 Å². The van der Waals surface area contributed by atoms with Gasteiger partial charge in [0.1, 0.15) is 0 Å². The smallest absolute Gasteiger partial charge is 0.384 e. The van der Waals surface area contributed by atoms with E-state index in [1.54, 1.807) is 0 Å². The van der Waals surface area contributed by atoms with E-state index in [-0.39, 0.29) is 12.1 Å². The zero-order chi connectivity index (χ0) is 19.7. The highest BCUT2D eigenvalue weighted by atomic mass is 19.4. The van der Waals surface area contributed by atoms with Crippen LogP contribution in [-0.2, 0) is 18.2 Å². The van der Waals surface area contributed by atoms with Gasteiger partial charge >= 0.3 is 6.18 Å². The summed E-state index contributed by atoms with van der Waals surface area (Å²) in [4.78, 5) is 3.25. The van der Waals surface area contributed by atoms with Crippen LogP contribution < -0.4 is 5.32 Å². The molecule has 0 aliphatic heterocycles. The normalized spacial score (nSPS) is 14.4. The zero-order valence-corrected chi connectivity index (χ0v) is 15.3. The summed E-state index contributed by atoms with van der Waals surface area (Å²) in [6.45, 7) is 4.33. The number of fused-ring (bicyclic) bond motifs is 1. The number of hydrogen-bond donors (Lipinski definition) is 3. The summed E-state index contributed by atoms with van der Waals surface area (Å²) in [5.41, 5.74) is 1.53. The van der Waals surface area contributed by atoms with Crippen molar-refractivity contribution in [2.75, 3.05) is 13.1 Å². The van der Waals surface area contributed by atoms with Crippen molar-refractivity contribution in [3.63, 3.8) is 0 Å². The number of aryl methyl sites for hydroxylation is 1. The maximum Gasteiger partial charge on any atom is 0.416 e. The van der Waals surface area contributed by atoms with E-state index >= 15 is 0 Å². The van der Waals surface area contributed by atoms with Crippen LogP contribution in [-0.4, -0.2) is 23.2 Å². The molecule has 3 N–H and O–H groups in total. The van der Waals surface area contributed by atoms with Crippen LogP contribution in [0.5, 0.6) is 0 Å². The standard InChI is InChI=1S/C21H23F3N2O/c1-14-6-7-18-15(12-26-19(18)10-14)8-9-25-13-20(2,27)16-4-3-5-17(11-16)21(22,23)24/h3-7,10-12,25-27H,8-9,13H2,1-2H3. The van der Waals surface area contributed by atoms with Crippen LogP contribution in [0.15, 0.2) is 48.7 Å². The third-order valence-electron chi connectivity index (χ3n) is 4.78. The lowest BCUT2D eigenvalue weighted by atomic mass is 9.94. The van der Waals surface area contributed by atoms with E-state index < -0.39 is 17.3 Å². The maximum atomic E-state index is 12.9. The Morgan fingerprint density at radius 3 is 2.56 bits per heavy atom.